The van der Waals surface area contributed by atoms with Crippen molar-refractivity contribution in [1.29, 1.82) is 0 Å². The molecule has 0 radical (unpaired) electrons. The van der Waals surface area contributed by atoms with E-state index in [1.165, 1.54) is 5.57 Å². The zero-order valence-electron chi connectivity index (χ0n) is 15.4. The van der Waals surface area contributed by atoms with Crippen LogP contribution in [0.3, 0.4) is 0 Å². The number of hydrogen-bond donors (Lipinski definition) is 2. The molecule has 24 heavy (non-hydrogen) atoms. The molecule has 2 aromatic rings. The number of nitrogens with zero attached hydrogens (tertiary/aromatic N) is 2. The number of aromatic amines is 1. The normalized spacial score (nSPS) is 25.1. The summed E-state index contributed by atoms with van der Waals surface area (Å²) < 4.78 is 0. The van der Waals surface area contributed by atoms with Crippen molar-refractivity contribution in [3.63, 3.8) is 0 Å². The summed E-state index contributed by atoms with van der Waals surface area (Å²) in [6.07, 6.45) is 5.61. The zero-order chi connectivity index (χ0) is 17.8. The van der Waals surface area contributed by atoms with Gasteiger partial charge in [-0.3, -0.25) is 0 Å². The van der Waals surface area contributed by atoms with Crippen molar-refractivity contribution in [3.05, 3.63) is 47.6 Å². The number of allylic oxidation sites excluding steroid dienone is 2. The largest absolute Gasteiger partial charge is 0.388 e. The van der Waals surface area contributed by atoms with Gasteiger partial charge in [-0.25, -0.2) is 0 Å². The number of H-pyrrole nitrogens is 1. The summed E-state index contributed by atoms with van der Waals surface area (Å²) in [5.74, 6) is 0. The zero-order valence-corrected chi connectivity index (χ0v) is 15.4. The lowest BCUT2D eigenvalue weighted by molar-refractivity contribution is 0.0711. The van der Waals surface area contributed by atoms with E-state index in [1.54, 1.807) is 0 Å². The van der Waals surface area contributed by atoms with Crippen molar-refractivity contribution in [2.45, 2.75) is 53.1 Å². The first kappa shape index (κ1) is 16.9. The Bertz CT molecular complexity index is 817. The molecule has 1 aliphatic rings. The fourth-order valence-corrected chi connectivity index (χ4v) is 3.69. The molecule has 1 aromatic carbocycles. The molecule has 4 nitrogen and oxygen atoms in total. The minimum atomic E-state index is -0.620. The average Bonchev–Trinajstić information content (AvgIpc) is 2.93. The first-order valence-corrected chi connectivity index (χ1v) is 8.47. The fourth-order valence-electron chi connectivity index (χ4n) is 3.69. The number of para-hydroxylation sites is 1. The van der Waals surface area contributed by atoms with Crippen LogP contribution in [0.25, 0.3) is 11.0 Å². The molecule has 3 rings (SSSR count). The van der Waals surface area contributed by atoms with E-state index in [0.29, 0.717) is 0 Å². The van der Waals surface area contributed by atoms with Crippen molar-refractivity contribution in [1.82, 2.24) is 15.4 Å². The van der Waals surface area contributed by atoms with Gasteiger partial charge in [0.05, 0.1) is 11.5 Å². The van der Waals surface area contributed by atoms with Gasteiger partial charge in [0.15, 0.2) is 0 Å². The molecular weight excluding hydrogens is 298 g/mol. The molecule has 2 atom stereocenters. The van der Waals surface area contributed by atoms with Gasteiger partial charge in [0.25, 0.3) is 0 Å². The van der Waals surface area contributed by atoms with Gasteiger partial charge in [-0.1, -0.05) is 71.9 Å². The summed E-state index contributed by atoms with van der Waals surface area (Å²) in [5, 5.41) is 22.4. The van der Waals surface area contributed by atoms with E-state index in [9.17, 15) is 5.11 Å². The second-order valence-electron chi connectivity index (χ2n) is 8.77. The van der Waals surface area contributed by atoms with Crippen molar-refractivity contribution >= 4 is 11.0 Å². The number of rotatable bonds is 1. The number of benzene rings is 1. The highest BCUT2D eigenvalue weighted by Crippen LogP contribution is 2.51. The van der Waals surface area contributed by atoms with E-state index in [-0.39, 0.29) is 10.8 Å². The third kappa shape index (κ3) is 2.40. The Morgan fingerprint density at radius 1 is 1.08 bits per heavy atom. The molecule has 0 saturated heterocycles. The van der Waals surface area contributed by atoms with Crippen LogP contribution in [0.4, 0.5) is 0 Å². The maximum atomic E-state index is 11.1. The van der Waals surface area contributed by atoms with E-state index in [1.807, 2.05) is 18.2 Å². The Hall–Kier alpha value is -1.94. The van der Waals surface area contributed by atoms with Crippen LogP contribution in [-0.4, -0.2) is 26.6 Å². The Morgan fingerprint density at radius 2 is 1.79 bits per heavy atom. The van der Waals surface area contributed by atoms with Crippen molar-refractivity contribution < 1.29 is 5.11 Å². The summed E-state index contributed by atoms with van der Waals surface area (Å²) in [6, 6.07) is 6.00. The predicted octanol–water partition coefficient (Wildman–Crippen LogP) is 4.15. The molecular formula is C20H27N3O. The fraction of sp³-hybridized carbons (Fsp3) is 0.500. The number of fused-ring (bicyclic) bond motifs is 1. The molecule has 0 saturated carbocycles. The molecule has 1 heterocycles. The Morgan fingerprint density at radius 3 is 2.42 bits per heavy atom. The SMILES string of the molecule is CC(C)(C)C1=CC(c2cccc3n[nH]nc23)(C(C)(C)C)C(O)C=C1. The van der Waals surface area contributed by atoms with E-state index in [2.05, 4.69) is 75.2 Å². The highest BCUT2D eigenvalue weighted by atomic mass is 16.3. The molecule has 1 aliphatic carbocycles. The standard InChI is InChI=1S/C20H27N3O/c1-18(2,3)13-10-11-16(24)20(12-13,19(4,5)6)14-8-7-9-15-17(14)22-23-21-15/h7-12,16,24H,1-6H3,(H,21,22,23). The lowest BCUT2D eigenvalue weighted by Gasteiger charge is -2.48. The molecule has 0 bridgehead atoms. The van der Waals surface area contributed by atoms with Crippen LogP contribution >= 0.6 is 0 Å². The molecule has 2 N–H and O–H groups in total. The van der Waals surface area contributed by atoms with Crippen molar-refractivity contribution in [2.24, 2.45) is 10.8 Å². The van der Waals surface area contributed by atoms with Gasteiger partial charge in [-0.05, 0) is 28.0 Å². The molecule has 0 aliphatic heterocycles. The quantitative estimate of drug-likeness (QED) is 0.828. The number of aliphatic hydroxyl groups is 1. The average molecular weight is 325 g/mol. The monoisotopic (exact) mass is 325 g/mol. The first-order valence-electron chi connectivity index (χ1n) is 8.47. The molecule has 2 unspecified atom stereocenters. The molecule has 128 valence electrons. The summed E-state index contributed by atoms with van der Waals surface area (Å²) in [7, 11) is 0. The van der Waals surface area contributed by atoms with Crippen LogP contribution in [0, 0.1) is 10.8 Å². The van der Waals surface area contributed by atoms with Gasteiger partial charge >= 0.3 is 0 Å². The van der Waals surface area contributed by atoms with Gasteiger partial charge in [0, 0.05) is 0 Å². The summed E-state index contributed by atoms with van der Waals surface area (Å²) in [6.45, 7) is 13.1. The smallest absolute Gasteiger partial charge is 0.117 e. The first-order chi connectivity index (χ1) is 11.1. The summed E-state index contributed by atoms with van der Waals surface area (Å²) >= 11 is 0. The Kier molecular flexibility index (Phi) is 3.72. The predicted molar refractivity (Wildman–Crippen MR) is 97.7 cm³/mol. The lowest BCUT2D eigenvalue weighted by Crippen LogP contribution is -2.49. The van der Waals surface area contributed by atoms with Crippen LogP contribution < -0.4 is 0 Å². The van der Waals surface area contributed by atoms with Gasteiger partial charge in [0.2, 0.25) is 0 Å². The van der Waals surface area contributed by atoms with Gasteiger partial charge in [-0.15, -0.1) is 0 Å². The van der Waals surface area contributed by atoms with E-state index in [4.69, 9.17) is 0 Å². The minimum absolute atomic E-state index is 0.00482. The minimum Gasteiger partial charge on any atom is -0.388 e. The molecule has 0 amide bonds. The van der Waals surface area contributed by atoms with Crippen LogP contribution in [0.2, 0.25) is 0 Å². The lowest BCUT2D eigenvalue weighted by atomic mass is 9.56. The van der Waals surface area contributed by atoms with Crippen molar-refractivity contribution in [3.8, 4) is 0 Å². The maximum Gasteiger partial charge on any atom is 0.117 e. The second kappa shape index (κ2) is 5.28. The topological polar surface area (TPSA) is 61.8 Å². The van der Waals surface area contributed by atoms with E-state index >= 15 is 0 Å². The van der Waals surface area contributed by atoms with Crippen LogP contribution in [0.1, 0.15) is 47.1 Å². The maximum absolute atomic E-state index is 11.1. The summed E-state index contributed by atoms with van der Waals surface area (Å²) in [5.41, 5.74) is 3.12. The van der Waals surface area contributed by atoms with Crippen LogP contribution in [-0.2, 0) is 5.41 Å². The van der Waals surface area contributed by atoms with Crippen molar-refractivity contribution in [2.75, 3.05) is 0 Å². The Labute approximate surface area is 143 Å². The Balaban J connectivity index is 2.36. The molecule has 4 heteroatoms. The number of aromatic nitrogens is 3. The summed E-state index contributed by atoms with van der Waals surface area (Å²) in [4.78, 5) is 0. The molecule has 0 fully saturated rings. The highest BCUT2D eigenvalue weighted by Gasteiger charge is 2.49. The van der Waals surface area contributed by atoms with E-state index < -0.39 is 11.5 Å². The molecule has 1 aromatic heterocycles. The number of hydrogen-bond acceptors (Lipinski definition) is 3. The molecule has 0 spiro atoms. The third-order valence-corrected chi connectivity index (χ3v) is 5.21. The van der Waals surface area contributed by atoms with Gasteiger partial charge in [0.1, 0.15) is 11.0 Å². The van der Waals surface area contributed by atoms with Crippen LogP contribution in [0.15, 0.2) is 42.0 Å². The third-order valence-electron chi connectivity index (χ3n) is 5.21. The number of aliphatic hydroxyl groups excluding tert-OH is 1. The van der Waals surface area contributed by atoms with Gasteiger partial charge in [-0.2, -0.15) is 15.4 Å². The van der Waals surface area contributed by atoms with Gasteiger partial charge < -0.3 is 5.11 Å². The van der Waals surface area contributed by atoms with Crippen LogP contribution in [0.5, 0.6) is 0 Å². The van der Waals surface area contributed by atoms with E-state index in [0.717, 1.165) is 16.6 Å². The number of nitrogens with one attached hydrogen (secondary N) is 1. The highest BCUT2D eigenvalue weighted by molar-refractivity contribution is 5.80. The second-order valence-corrected chi connectivity index (χ2v) is 8.77.